The second-order valence-corrected chi connectivity index (χ2v) is 7.03. The Morgan fingerprint density at radius 2 is 1.57 bits per heavy atom. The molecule has 0 fully saturated rings. The summed E-state index contributed by atoms with van der Waals surface area (Å²) in [4.78, 5) is 2.02. The second kappa shape index (κ2) is 5.75. The first-order valence-electron chi connectivity index (χ1n) is 6.45. The lowest BCUT2D eigenvalue weighted by Gasteiger charge is -2.24. The fourth-order valence-corrected chi connectivity index (χ4v) is 3.15. The van der Waals surface area contributed by atoms with Crippen LogP contribution in [0, 0.1) is 0 Å². The SMILES string of the molecule is CN(c1ccccc1)c1ccc(N)cc1S(=O)(=O)N(C)C. The topological polar surface area (TPSA) is 66.6 Å². The maximum atomic E-state index is 12.5. The Balaban J connectivity index is 2.60. The molecule has 0 aliphatic rings. The van der Waals surface area contributed by atoms with Crippen molar-refractivity contribution in [1.29, 1.82) is 0 Å². The molecule has 2 aromatic rings. The molecule has 0 spiro atoms. The van der Waals surface area contributed by atoms with E-state index >= 15 is 0 Å². The number of hydrogen-bond acceptors (Lipinski definition) is 4. The highest BCUT2D eigenvalue weighted by Crippen LogP contribution is 2.32. The van der Waals surface area contributed by atoms with Gasteiger partial charge in [-0.15, -0.1) is 0 Å². The molecule has 0 radical (unpaired) electrons. The highest BCUT2D eigenvalue weighted by atomic mass is 32.2. The van der Waals surface area contributed by atoms with Gasteiger partial charge in [0, 0.05) is 32.5 Å². The first-order chi connectivity index (χ1) is 9.84. The smallest absolute Gasteiger partial charge is 0.244 e. The normalized spacial score (nSPS) is 11.6. The van der Waals surface area contributed by atoms with E-state index in [1.54, 1.807) is 12.1 Å². The molecule has 2 N–H and O–H groups in total. The van der Waals surface area contributed by atoms with Crippen molar-refractivity contribution >= 4 is 27.1 Å². The predicted octanol–water partition coefficient (Wildman–Crippen LogP) is 2.29. The molecule has 21 heavy (non-hydrogen) atoms. The highest BCUT2D eigenvalue weighted by Gasteiger charge is 2.23. The van der Waals surface area contributed by atoms with Crippen LogP contribution in [0.25, 0.3) is 0 Å². The van der Waals surface area contributed by atoms with Crippen molar-refractivity contribution < 1.29 is 8.42 Å². The Kier molecular flexibility index (Phi) is 4.20. The summed E-state index contributed by atoms with van der Waals surface area (Å²) < 4.78 is 26.2. The summed E-state index contributed by atoms with van der Waals surface area (Å²) in [7, 11) is 1.27. The molecule has 0 aliphatic carbocycles. The number of nitrogens with zero attached hydrogens (tertiary/aromatic N) is 2. The maximum Gasteiger partial charge on any atom is 0.244 e. The van der Waals surface area contributed by atoms with Crippen molar-refractivity contribution in [2.75, 3.05) is 31.8 Å². The molecule has 0 aromatic heterocycles. The van der Waals surface area contributed by atoms with E-state index in [0.29, 0.717) is 11.4 Å². The molecule has 0 unspecified atom stereocenters. The molecule has 2 aromatic carbocycles. The van der Waals surface area contributed by atoms with Crippen LogP contribution >= 0.6 is 0 Å². The zero-order chi connectivity index (χ0) is 15.6. The summed E-state index contributed by atoms with van der Waals surface area (Å²) in [5.74, 6) is 0. The van der Waals surface area contributed by atoms with Crippen molar-refractivity contribution in [2.45, 2.75) is 4.90 Å². The fraction of sp³-hybridized carbons (Fsp3) is 0.200. The lowest BCUT2D eigenvalue weighted by atomic mass is 10.2. The van der Waals surface area contributed by atoms with Crippen LogP contribution in [-0.4, -0.2) is 33.9 Å². The summed E-state index contributed by atoms with van der Waals surface area (Å²) in [5, 5.41) is 0. The van der Waals surface area contributed by atoms with Crippen LogP contribution in [0.3, 0.4) is 0 Å². The average Bonchev–Trinajstić information content (AvgIpc) is 2.47. The molecule has 0 heterocycles. The Labute approximate surface area is 125 Å². The quantitative estimate of drug-likeness (QED) is 0.880. The first-order valence-corrected chi connectivity index (χ1v) is 7.89. The zero-order valence-electron chi connectivity index (χ0n) is 12.3. The van der Waals surface area contributed by atoms with Crippen LogP contribution in [0.4, 0.5) is 17.1 Å². The Bertz CT molecular complexity index is 728. The Hall–Kier alpha value is -2.05. The molecule has 0 atom stereocenters. The minimum absolute atomic E-state index is 0.193. The minimum atomic E-state index is -3.57. The lowest BCUT2D eigenvalue weighted by molar-refractivity contribution is 0.521. The summed E-state index contributed by atoms with van der Waals surface area (Å²) in [6.07, 6.45) is 0. The first kappa shape index (κ1) is 15.3. The molecule has 0 saturated heterocycles. The van der Waals surface area contributed by atoms with Gasteiger partial charge in [0.15, 0.2) is 0 Å². The van der Waals surface area contributed by atoms with E-state index in [0.717, 1.165) is 5.69 Å². The van der Waals surface area contributed by atoms with Crippen LogP contribution in [0.2, 0.25) is 0 Å². The summed E-state index contributed by atoms with van der Waals surface area (Å²) >= 11 is 0. The molecule has 5 nitrogen and oxygen atoms in total. The monoisotopic (exact) mass is 305 g/mol. The number of anilines is 3. The van der Waals surface area contributed by atoms with E-state index in [-0.39, 0.29) is 4.90 Å². The minimum Gasteiger partial charge on any atom is -0.399 e. The number of hydrogen-bond donors (Lipinski definition) is 1. The molecule has 0 saturated carbocycles. The van der Waals surface area contributed by atoms with Gasteiger partial charge in [0.2, 0.25) is 10.0 Å². The molecule has 0 aliphatic heterocycles. The highest BCUT2D eigenvalue weighted by molar-refractivity contribution is 7.89. The third kappa shape index (κ3) is 3.01. The van der Waals surface area contributed by atoms with Crippen LogP contribution < -0.4 is 10.6 Å². The van der Waals surface area contributed by atoms with Crippen LogP contribution in [0.5, 0.6) is 0 Å². The van der Waals surface area contributed by atoms with Crippen molar-refractivity contribution in [3.05, 3.63) is 48.5 Å². The standard InChI is InChI=1S/C15H19N3O2S/c1-17(2)21(19,20)15-11-12(16)9-10-14(15)18(3)13-7-5-4-6-8-13/h4-11H,16H2,1-3H3. The van der Waals surface area contributed by atoms with E-state index in [1.807, 2.05) is 42.3 Å². The molecule has 112 valence electrons. The zero-order valence-corrected chi connectivity index (χ0v) is 13.1. The van der Waals surface area contributed by atoms with E-state index in [4.69, 9.17) is 5.73 Å². The molecular formula is C15H19N3O2S. The number of rotatable bonds is 4. The maximum absolute atomic E-state index is 12.5. The molecule has 6 heteroatoms. The summed E-state index contributed by atoms with van der Waals surface area (Å²) in [6.45, 7) is 0. The number of sulfonamides is 1. The third-order valence-electron chi connectivity index (χ3n) is 3.25. The molecular weight excluding hydrogens is 286 g/mol. The third-order valence-corrected chi connectivity index (χ3v) is 5.09. The van der Waals surface area contributed by atoms with Crippen molar-refractivity contribution in [3.8, 4) is 0 Å². The van der Waals surface area contributed by atoms with Gasteiger partial charge in [-0.1, -0.05) is 18.2 Å². The molecule has 0 bridgehead atoms. The number of para-hydroxylation sites is 1. The van der Waals surface area contributed by atoms with Gasteiger partial charge in [-0.3, -0.25) is 0 Å². The van der Waals surface area contributed by atoms with E-state index in [1.165, 1.54) is 24.5 Å². The van der Waals surface area contributed by atoms with Gasteiger partial charge in [0.1, 0.15) is 4.90 Å². The summed E-state index contributed by atoms with van der Waals surface area (Å²) in [5.41, 5.74) is 7.67. The van der Waals surface area contributed by atoms with Gasteiger partial charge in [-0.25, -0.2) is 12.7 Å². The van der Waals surface area contributed by atoms with Crippen LogP contribution in [0.15, 0.2) is 53.4 Å². The lowest BCUT2D eigenvalue weighted by Crippen LogP contribution is -2.25. The van der Waals surface area contributed by atoms with E-state index in [2.05, 4.69) is 0 Å². The van der Waals surface area contributed by atoms with Gasteiger partial charge in [-0.2, -0.15) is 0 Å². The Morgan fingerprint density at radius 1 is 0.952 bits per heavy atom. The van der Waals surface area contributed by atoms with Gasteiger partial charge in [-0.05, 0) is 30.3 Å². The fourth-order valence-electron chi connectivity index (χ4n) is 2.00. The van der Waals surface area contributed by atoms with Gasteiger partial charge in [0.25, 0.3) is 0 Å². The van der Waals surface area contributed by atoms with Crippen molar-refractivity contribution in [1.82, 2.24) is 4.31 Å². The van der Waals surface area contributed by atoms with E-state index in [9.17, 15) is 8.42 Å². The molecule has 0 amide bonds. The second-order valence-electron chi connectivity index (χ2n) is 4.91. The van der Waals surface area contributed by atoms with E-state index < -0.39 is 10.0 Å². The largest absolute Gasteiger partial charge is 0.399 e. The number of nitrogen functional groups attached to an aromatic ring is 1. The van der Waals surface area contributed by atoms with Crippen LogP contribution in [-0.2, 0) is 10.0 Å². The molecule has 2 rings (SSSR count). The van der Waals surface area contributed by atoms with Crippen LogP contribution in [0.1, 0.15) is 0 Å². The van der Waals surface area contributed by atoms with Crippen molar-refractivity contribution in [3.63, 3.8) is 0 Å². The summed E-state index contributed by atoms with van der Waals surface area (Å²) in [6, 6.07) is 14.5. The van der Waals surface area contributed by atoms with Crippen molar-refractivity contribution in [2.24, 2.45) is 0 Å². The average molecular weight is 305 g/mol. The van der Waals surface area contributed by atoms with Gasteiger partial charge >= 0.3 is 0 Å². The number of benzene rings is 2. The Morgan fingerprint density at radius 3 is 2.14 bits per heavy atom. The van der Waals surface area contributed by atoms with Gasteiger partial charge < -0.3 is 10.6 Å². The predicted molar refractivity (Wildman–Crippen MR) is 86.2 cm³/mol. The number of nitrogens with two attached hydrogens (primary N) is 1. The van der Waals surface area contributed by atoms with Gasteiger partial charge in [0.05, 0.1) is 5.69 Å².